The lowest BCUT2D eigenvalue weighted by Gasteiger charge is -2.22. The molecule has 0 unspecified atom stereocenters. The Bertz CT molecular complexity index is 631. The third-order valence-electron chi connectivity index (χ3n) is 3.47. The van der Waals surface area contributed by atoms with Gasteiger partial charge in [-0.3, -0.25) is 4.90 Å². The summed E-state index contributed by atoms with van der Waals surface area (Å²) in [6, 6.07) is 2.43. The van der Waals surface area contributed by atoms with Crippen molar-refractivity contribution in [3.8, 4) is 5.75 Å². The normalized spacial score (nSPS) is 11.2. The van der Waals surface area contributed by atoms with Gasteiger partial charge in [-0.1, -0.05) is 0 Å². The highest BCUT2D eigenvalue weighted by molar-refractivity contribution is 5.32. The van der Waals surface area contributed by atoms with Crippen LogP contribution in [0.5, 0.6) is 5.75 Å². The molecule has 120 valence electrons. The maximum atomic E-state index is 14.2. The number of nitrogens with zero attached hydrogens (tertiary/aromatic N) is 3. The molecule has 2 aromatic rings. The van der Waals surface area contributed by atoms with E-state index in [4.69, 9.17) is 4.74 Å². The Balaban J connectivity index is 2.23. The van der Waals surface area contributed by atoms with Gasteiger partial charge in [-0.25, -0.2) is 13.8 Å². The van der Waals surface area contributed by atoms with Crippen LogP contribution in [0.2, 0.25) is 0 Å². The molecule has 1 aromatic carbocycles. The van der Waals surface area contributed by atoms with Gasteiger partial charge in [0, 0.05) is 38.4 Å². The van der Waals surface area contributed by atoms with Crippen LogP contribution in [0.25, 0.3) is 0 Å². The molecule has 0 amide bonds. The number of aryl methyl sites for hydroxylation is 1. The van der Waals surface area contributed by atoms with Crippen molar-refractivity contribution in [3.63, 3.8) is 0 Å². The summed E-state index contributed by atoms with van der Waals surface area (Å²) in [7, 11) is 3.17. The summed E-state index contributed by atoms with van der Waals surface area (Å²) in [5, 5.41) is 9.18. The Kier molecular flexibility index (Phi) is 5.46. The van der Waals surface area contributed by atoms with Crippen molar-refractivity contribution in [1.29, 1.82) is 0 Å². The van der Waals surface area contributed by atoms with Gasteiger partial charge in [-0.15, -0.1) is 0 Å². The Morgan fingerprint density at radius 3 is 2.68 bits per heavy atom. The molecule has 0 atom stereocenters. The minimum atomic E-state index is -0.713. The van der Waals surface area contributed by atoms with Crippen LogP contribution in [-0.4, -0.2) is 39.8 Å². The van der Waals surface area contributed by atoms with Gasteiger partial charge in [0.2, 0.25) is 0 Å². The maximum absolute atomic E-state index is 14.2. The Labute approximate surface area is 127 Å². The molecule has 1 N–H and O–H groups in total. The summed E-state index contributed by atoms with van der Waals surface area (Å²) in [6.07, 6.45) is 3.34. The quantitative estimate of drug-likeness (QED) is 0.845. The topological polar surface area (TPSA) is 50.5 Å². The van der Waals surface area contributed by atoms with E-state index < -0.39 is 11.6 Å². The monoisotopic (exact) mass is 311 g/mol. The first-order valence-electron chi connectivity index (χ1n) is 6.86. The van der Waals surface area contributed by atoms with E-state index in [1.165, 1.54) is 19.2 Å². The summed E-state index contributed by atoms with van der Waals surface area (Å²) in [5.74, 6) is -1.34. The third kappa shape index (κ3) is 3.61. The molecule has 0 spiro atoms. The Morgan fingerprint density at radius 2 is 2.09 bits per heavy atom. The maximum Gasteiger partial charge on any atom is 0.172 e. The van der Waals surface area contributed by atoms with Crippen LogP contribution in [0.4, 0.5) is 8.78 Å². The minimum Gasteiger partial charge on any atom is -0.494 e. The lowest BCUT2D eigenvalue weighted by Crippen LogP contribution is -2.28. The number of halogens is 2. The van der Waals surface area contributed by atoms with Crippen molar-refractivity contribution in [2.75, 3.05) is 20.3 Å². The van der Waals surface area contributed by atoms with Crippen molar-refractivity contribution in [3.05, 3.63) is 47.5 Å². The van der Waals surface area contributed by atoms with E-state index in [-0.39, 0.29) is 24.5 Å². The highest BCUT2D eigenvalue weighted by Gasteiger charge is 2.18. The number of methoxy groups -OCH3 is 1. The average Bonchev–Trinajstić information content (AvgIpc) is 2.89. The number of imidazole rings is 1. The fraction of sp³-hybridized carbons (Fsp3) is 0.400. The molecule has 0 bridgehead atoms. The van der Waals surface area contributed by atoms with Gasteiger partial charge in [0.1, 0.15) is 5.82 Å². The molecule has 0 aliphatic heterocycles. The van der Waals surface area contributed by atoms with E-state index in [1.807, 2.05) is 11.6 Å². The molecule has 0 fully saturated rings. The van der Waals surface area contributed by atoms with Gasteiger partial charge >= 0.3 is 0 Å². The number of aliphatic hydroxyl groups is 1. The molecule has 5 nitrogen and oxygen atoms in total. The summed E-state index contributed by atoms with van der Waals surface area (Å²) in [5.41, 5.74) is 0.812. The third-order valence-corrected chi connectivity index (χ3v) is 3.47. The number of benzene rings is 1. The van der Waals surface area contributed by atoms with Gasteiger partial charge in [0.15, 0.2) is 11.6 Å². The minimum absolute atomic E-state index is 0.000816. The van der Waals surface area contributed by atoms with Gasteiger partial charge in [-0.05, 0) is 12.1 Å². The van der Waals surface area contributed by atoms with Crippen molar-refractivity contribution < 1.29 is 18.6 Å². The predicted octanol–water partition coefficient (Wildman–Crippen LogP) is 1.70. The molecule has 0 aliphatic carbocycles. The second-order valence-electron chi connectivity index (χ2n) is 4.97. The molecule has 0 saturated carbocycles. The Morgan fingerprint density at radius 1 is 1.32 bits per heavy atom. The Hall–Kier alpha value is -1.99. The molecule has 0 radical (unpaired) electrons. The smallest absolute Gasteiger partial charge is 0.172 e. The molecular formula is C15H19F2N3O2. The second-order valence-corrected chi connectivity index (χ2v) is 4.97. The summed E-state index contributed by atoms with van der Waals surface area (Å²) in [6.45, 7) is 0.639. The van der Waals surface area contributed by atoms with Crippen LogP contribution >= 0.6 is 0 Å². The van der Waals surface area contributed by atoms with Gasteiger partial charge in [-0.2, -0.15) is 0 Å². The first-order valence-corrected chi connectivity index (χ1v) is 6.86. The van der Waals surface area contributed by atoms with Crippen LogP contribution in [0, 0.1) is 11.6 Å². The highest BCUT2D eigenvalue weighted by atomic mass is 19.1. The van der Waals surface area contributed by atoms with Crippen molar-refractivity contribution in [1.82, 2.24) is 14.5 Å². The molecular weight excluding hydrogens is 292 g/mol. The molecule has 2 rings (SSSR count). The van der Waals surface area contributed by atoms with Crippen molar-refractivity contribution >= 4 is 0 Å². The number of hydrogen-bond acceptors (Lipinski definition) is 4. The van der Waals surface area contributed by atoms with E-state index in [0.29, 0.717) is 13.1 Å². The zero-order chi connectivity index (χ0) is 16.1. The number of aromatic nitrogens is 2. The standard InChI is InChI=1S/C15H19F2N3O2/c1-19-10-18-7-11(19)8-20(5-6-21)9-12-13(16)3-4-14(22-2)15(12)17/h3-4,7,10,21H,5-6,8-9H2,1-2H3. The zero-order valence-electron chi connectivity index (χ0n) is 12.6. The van der Waals surface area contributed by atoms with E-state index in [1.54, 1.807) is 17.4 Å². The van der Waals surface area contributed by atoms with E-state index in [2.05, 4.69) is 4.98 Å². The fourth-order valence-electron chi connectivity index (χ4n) is 2.22. The molecule has 7 heteroatoms. The number of rotatable bonds is 7. The lowest BCUT2D eigenvalue weighted by molar-refractivity contribution is 0.178. The second kappa shape index (κ2) is 7.33. The molecule has 22 heavy (non-hydrogen) atoms. The average molecular weight is 311 g/mol. The van der Waals surface area contributed by atoms with Gasteiger partial charge in [0.25, 0.3) is 0 Å². The number of ether oxygens (including phenoxy) is 1. The lowest BCUT2D eigenvalue weighted by atomic mass is 10.1. The van der Waals surface area contributed by atoms with E-state index in [9.17, 15) is 13.9 Å². The van der Waals surface area contributed by atoms with Crippen molar-refractivity contribution in [2.45, 2.75) is 13.1 Å². The van der Waals surface area contributed by atoms with Gasteiger partial charge < -0.3 is 14.4 Å². The first kappa shape index (κ1) is 16.4. The van der Waals surface area contributed by atoms with Crippen LogP contribution in [0.3, 0.4) is 0 Å². The predicted molar refractivity (Wildman–Crippen MR) is 77.3 cm³/mol. The molecule has 0 saturated heterocycles. The van der Waals surface area contributed by atoms with E-state index >= 15 is 0 Å². The summed E-state index contributed by atoms with van der Waals surface area (Å²) in [4.78, 5) is 5.76. The number of aliphatic hydroxyl groups excluding tert-OH is 1. The van der Waals surface area contributed by atoms with Crippen molar-refractivity contribution in [2.24, 2.45) is 7.05 Å². The molecule has 0 aliphatic rings. The number of hydrogen-bond donors (Lipinski definition) is 1. The fourth-order valence-corrected chi connectivity index (χ4v) is 2.22. The van der Waals surface area contributed by atoms with Crippen LogP contribution in [0.1, 0.15) is 11.3 Å². The first-order chi connectivity index (χ1) is 10.6. The van der Waals surface area contributed by atoms with Crippen LogP contribution in [0.15, 0.2) is 24.7 Å². The van der Waals surface area contributed by atoms with Crippen LogP contribution < -0.4 is 4.74 Å². The van der Waals surface area contributed by atoms with Gasteiger partial charge in [0.05, 0.1) is 25.7 Å². The summed E-state index contributed by atoms with van der Waals surface area (Å²) >= 11 is 0. The SMILES string of the molecule is COc1ccc(F)c(CN(CCO)Cc2cncn2C)c1F. The van der Waals surface area contributed by atoms with E-state index in [0.717, 1.165) is 5.69 Å². The highest BCUT2D eigenvalue weighted by Crippen LogP contribution is 2.24. The summed E-state index contributed by atoms with van der Waals surface area (Å²) < 4.78 is 34.8. The molecule has 1 aromatic heterocycles. The molecule has 1 heterocycles. The largest absolute Gasteiger partial charge is 0.494 e. The van der Waals surface area contributed by atoms with Crippen LogP contribution in [-0.2, 0) is 20.1 Å². The zero-order valence-corrected chi connectivity index (χ0v) is 12.6.